The molecule has 6 atom stereocenters. The van der Waals surface area contributed by atoms with Crippen molar-refractivity contribution in [2.45, 2.75) is 142 Å². The fourth-order valence-corrected chi connectivity index (χ4v) is 12.6. The molecule has 0 radical (unpaired) electrons. The average molecular weight is 984 g/mol. The van der Waals surface area contributed by atoms with Crippen LogP contribution in [0.1, 0.15) is 109 Å². The Hall–Kier alpha value is -5.35. The number of anilines is 1. The maximum absolute atomic E-state index is 14.9. The molecule has 2 aromatic carbocycles. The van der Waals surface area contributed by atoms with Gasteiger partial charge in [-0.2, -0.15) is 0 Å². The second-order valence-electron chi connectivity index (χ2n) is 22.8. The lowest BCUT2D eigenvalue weighted by atomic mass is 9.84. The third kappa shape index (κ3) is 10.0. The molecule has 3 amide bonds. The van der Waals surface area contributed by atoms with E-state index < -0.39 is 29.5 Å². The van der Waals surface area contributed by atoms with Crippen molar-refractivity contribution in [2.24, 2.45) is 17.3 Å². The standard InChI is InChI=1S/C57H77N9O6/c1-9-65-49-17-13-38-29-43(49)45(52(65)44-30-41(32-59-50(44)35(4)71-8)64-23-21-63(22-24-64)40-14-15-40)31-57(5,6)33-72-56(70)47-11-10-20-66(61-47)55(69)48-28-37-25-36(26-39(38)27-37)12-16-46-42(18-19-58-46)54(68)62(7)51(34(2)3)53(67)60-48/h13,17,25-27,29-30,32,34-35,40,42,46-48,51,58,61H,9-12,14-16,18-24,28,31,33H2,1-8H3,(H,60,67)/t35-,42-,46+,47-,48-,51-/m0/s1. The van der Waals surface area contributed by atoms with Crippen LogP contribution in [-0.4, -0.2) is 138 Å². The first-order valence-corrected chi connectivity index (χ1v) is 27.0. The smallest absolute Gasteiger partial charge is 0.324 e. The van der Waals surface area contributed by atoms with E-state index in [0.717, 1.165) is 113 Å². The predicted molar refractivity (Wildman–Crippen MR) is 280 cm³/mol. The van der Waals surface area contributed by atoms with E-state index in [4.69, 9.17) is 14.5 Å². The van der Waals surface area contributed by atoms with Crippen LogP contribution in [0.4, 0.5) is 5.69 Å². The van der Waals surface area contributed by atoms with Gasteiger partial charge in [0.25, 0.3) is 5.91 Å². The zero-order chi connectivity index (χ0) is 50.6. The average Bonchev–Trinajstić information content (AvgIpc) is 4.05. The molecule has 15 heteroatoms. The van der Waals surface area contributed by atoms with Gasteiger partial charge in [0.05, 0.1) is 41.9 Å². The van der Waals surface area contributed by atoms with Gasteiger partial charge in [0.2, 0.25) is 11.8 Å². The van der Waals surface area contributed by atoms with Crippen molar-refractivity contribution in [3.63, 3.8) is 0 Å². The number of nitrogens with one attached hydrogen (secondary N) is 3. The van der Waals surface area contributed by atoms with Crippen LogP contribution < -0.4 is 21.0 Å². The molecule has 2 aromatic heterocycles. The van der Waals surface area contributed by atoms with Crippen molar-refractivity contribution in [1.29, 1.82) is 0 Å². The minimum atomic E-state index is -0.986. The topological polar surface area (TPSA) is 154 Å². The molecular formula is C57H77N9O6. The Kier molecular flexibility index (Phi) is 14.3. The van der Waals surface area contributed by atoms with Gasteiger partial charge in [-0.15, -0.1) is 0 Å². The zero-order valence-electron chi connectivity index (χ0n) is 43.9. The minimum Gasteiger partial charge on any atom is -0.464 e. The third-order valence-electron chi connectivity index (χ3n) is 16.6. The Bertz CT molecular complexity index is 2700. The lowest BCUT2D eigenvalue weighted by molar-refractivity contribution is -0.155. The number of ether oxygens (including phenoxy) is 2. The molecule has 3 saturated heterocycles. The fourth-order valence-electron chi connectivity index (χ4n) is 12.6. The summed E-state index contributed by atoms with van der Waals surface area (Å²) in [5, 5.41) is 9.41. The Balaban J connectivity index is 1.14. The van der Waals surface area contributed by atoms with E-state index in [-0.39, 0.29) is 54.7 Å². The number of methoxy groups -OCH3 is 1. The number of carbonyl (C=O) groups is 4. The van der Waals surface area contributed by atoms with E-state index in [0.29, 0.717) is 38.8 Å². The van der Waals surface area contributed by atoms with E-state index in [1.165, 1.54) is 17.9 Å². The molecule has 7 heterocycles. The summed E-state index contributed by atoms with van der Waals surface area (Å²) in [4.78, 5) is 70.0. The van der Waals surface area contributed by atoms with Crippen LogP contribution in [0.2, 0.25) is 0 Å². The lowest BCUT2D eigenvalue weighted by Gasteiger charge is -2.37. The highest BCUT2D eigenvalue weighted by Crippen LogP contribution is 2.44. The van der Waals surface area contributed by atoms with Crippen molar-refractivity contribution in [3.05, 3.63) is 71.0 Å². The Morgan fingerprint density at radius 2 is 1.65 bits per heavy atom. The summed E-state index contributed by atoms with van der Waals surface area (Å²) >= 11 is 0. The molecule has 8 bridgehead atoms. The lowest BCUT2D eigenvalue weighted by Crippen LogP contribution is -2.62. The van der Waals surface area contributed by atoms with Gasteiger partial charge in [-0.1, -0.05) is 52.0 Å². The number of amides is 3. The van der Waals surface area contributed by atoms with Gasteiger partial charge in [-0.25, -0.2) is 5.43 Å². The van der Waals surface area contributed by atoms with Crippen LogP contribution in [-0.2, 0) is 54.5 Å². The number of hydrogen-bond donors (Lipinski definition) is 3. The summed E-state index contributed by atoms with van der Waals surface area (Å²) in [6.07, 6.45) is 8.42. The van der Waals surface area contributed by atoms with E-state index in [1.807, 2.05) is 20.0 Å². The summed E-state index contributed by atoms with van der Waals surface area (Å²) in [5.74, 6) is -1.67. The number of hydrazine groups is 1. The number of aryl methyl sites for hydroxylation is 2. The van der Waals surface area contributed by atoms with Gasteiger partial charge in [0.1, 0.15) is 18.1 Å². The molecule has 0 spiro atoms. The summed E-state index contributed by atoms with van der Waals surface area (Å²) in [6, 6.07) is 13.9. The summed E-state index contributed by atoms with van der Waals surface area (Å²) in [6.45, 7) is 18.4. The second-order valence-corrected chi connectivity index (χ2v) is 22.8. The van der Waals surface area contributed by atoms with Crippen LogP contribution in [0.3, 0.4) is 0 Å². The molecule has 386 valence electrons. The zero-order valence-corrected chi connectivity index (χ0v) is 43.9. The highest BCUT2D eigenvalue weighted by molar-refractivity contribution is 5.96. The largest absolute Gasteiger partial charge is 0.464 e. The normalized spacial score (nSPS) is 26.2. The number of aromatic nitrogens is 2. The van der Waals surface area contributed by atoms with Gasteiger partial charge in [-0.3, -0.25) is 34.1 Å². The van der Waals surface area contributed by atoms with Crippen molar-refractivity contribution in [3.8, 4) is 22.4 Å². The number of carbonyl (C=O) groups excluding carboxylic acids is 4. The predicted octanol–water partition coefficient (Wildman–Crippen LogP) is 6.44. The highest BCUT2D eigenvalue weighted by Gasteiger charge is 2.42. The number of rotatable bonds is 7. The number of fused-ring (bicyclic) bond motifs is 8. The number of hydrogen-bond acceptors (Lipinski definition) is 11. The van der Waals surface area contributed by atoms with E-state index in [2.05, 4.69) is 101 Å². The first-order valence-electron chi connectivity index (χ1n) is 27.0. The van der Waals surface area contributed by atoms with E-state index in [9.17, 15) is 19.2 Å². The van der Waals surface area contributed by atoms with Crippen molar-refractivity contribution >= 4 is 40.3 Å². The number of benzene rings is 2. The monoisotopic (exact) mass is 984 g/mol. The second kappa shape index (κ2) is 20.5. The maximum Gasteiger partial charge on any atom is 0.324 e. The molecule has 0 unspecified atom stereocenters. The Morgan fingerprint density at radius 3 is 2.39 bits per heavy atom. The molecular weight excluding hydrogens is 907 g/mol. The minimum absolute atomic E-state index is 0.0379. The number of pyridine rings is 1. The van der Waals surface area contributed by atoms with Gasteiger partial charge in [-0.05, 0) is 124 Å². The van der Waals surface area contributed by atoms with Gasteiger partial charge in [0.15, 0.2) is 0 Å². The summed E-state index contributed by atoms with van der Waals surface area (Å²) < 4.78 is 14.8. The first kappa shape index (κ1) is 50.2. The Morgan fingerprint density at radius 1 is 0.875 bits per heavy atom. The van der Waals surface area contributed by atoms with Gasteiger partial charge in [0, 0.05) is 93.8 Å². The molecule has 10 rings (SSSR count). The van der Waals surface area contributed by atoms with Crippen molar-refractivity contribution < 1.29 is 28.7 Å². The molecule has 4 fully saturated rings. The molecule has 5 aliphatic heterocycles. The Labute approximate surface area is 425 Å². The van der Waals surface area contributed by atoms with Crippen LogP contribution in [0.15, 0.2) is 48.7 Å². The number of cyclic esters (lactones) is 1. The number of piperazine rings is 1. The third-order valence-corrected chi connectivity index (χ3v) is 16.6. The van der Waals surface area contributed by atoms with E-state index in [1.54, 1.807) is 19.1 Å². The van der Waals surface area contributed by atoms with Crippen molar-refractivity contribution in [1.82, 2.24) is 40.4 Å². The highest BCUT2D eigenvalue weighted by atomic mass is 16.5. The van der Waals surface area contributed by atoms with Crippen molar-refractivity contribution in [2.75, 3.05) is 64.9 Å². The molecule has 6 aliphatic rings. The van der Waals surface area contributed by atoms with Crippen LogP contribution in [0.5, 0.6) is 0 Å². The molecule has 72 heavy (non-hydrogen) atoms. The quantitative estimate of drug-likeness (QED) is 0.176. The van der Waals surface area contributed by atoms with Gasteiger partial charge >= 0.3 is 5.97 Å². The molecule has 1 saturated carbocycles. The summed E-state index contributed by atoms with van der Waals surface area (Å²) in [7, 11) is 3.47. The number of likely N-dealkylation sites (N-methyl/N-ethyl adjacent to an activating group) is 1. The number of nitrogens with zero attached hydrogens (tertiary/aromatic N) is 6. The molecule has 1 aliphatic carbocycles. The molecule has 15 nitrogen and oxygen atoms in total. The van der Waals surface area contributed by atoms with Crippen LogP contribution in [0.25, 0.3) is 33.3 Å². The van der Waals surface area contributed by atoms with Crippen LogP contribution >= 0.6 is 0 Å². The summed E-state index contributed by atoms with van der Waals surface area (Å²) in [5.41, 5.74) is 13.2. The molecule has 3 N–H and O–H groups in total. The molecule has 4 aromatic rings. The van der Waals surface area contributed by atoms with Crippen LogP contribution in [0, 0.1) is 17.3 Å². The van der Waals surface area contributed by atoms with E-state index >= 15 is 0 Å². The fraction of sp³-hybridized carbons (Fsp3) is 0.596. The number of esters is 1. The SMILES string of the molecule is CCn1c(-c2cc(N3CCN(C4CC4)CC3)cnc2[C@H](C)OC)c2c3cc(ccc31)-c1cc3cc(c1)C[C@H](NC(=O)[C@H](C(C)C)N(C)C(=O)[C@H]1CCN[C@@H]1CC3)C(=O)N1CCC[C@H](N1)C(=O)OCC(C)(C)C2. The maximum atomic E-state index is 14.9. The van der Waals surface area contributed by atoms with Gasteiger partial charge < -0.3 is 34.5 Å². The first-order chi connectivity index (χ1) is 34.6.